The quantitative estimate of drug-likeness (QED) is 0.845. The highest BCUT2D eigenvalue weighted by molar-refractivity contribution is 8.01. The molecule has 20 heavy (non-hydrogen) atoms. The Kier molecular flexibility index (Phi) is 2.96. The van der Waals surface area contributed by atoms with Gasteiger partial charge in [-0.3, -0.25) is 4.79 Å². The maximum absolute atomic E-state index is 12.5. The average molecular weight is 287 g/mol. The van der Waals surface area contributed by atoms with Gasteiger partial charge in [0.15, 0.2) is 0 Å². The van der Waals surface area contributed by atoms with E-state index in [1.54, 1.807) is 19.2 Å². The maximum atomic E-state index is 12.5. The summed E-state index contributed by atoms with van der Waals surface area (Å²) in [7, 11) is 1.65. The zero-order chi connectivity index (χ0) is 14.3. The first-order chi connectivity index (χ1) is 9.52. The molecule has 2 N–H and O–H groups in total. The van der Waals surface area contributed by atoms with Gasteiger partial charge in [0.25, 0.3) is 5.91 Å². The number of carbonyl (C=O) groups is 1. The lowest BCUT2D eigenvalue weighted by molar-refractivity contribution is -0.129. The van der Waals surface area contributed by atoms with Gasteiger partial charge in [-0.1, -0.05) is 36.0 Å². The van der Waals surface area contributed by atoms with Crippen LogP contribution in [0.2, 0.25) is 0 Å². The summed E-state index contributed by atoms with van der Waals surface area (Å²) >= 11 is 1.11. The summed E-state index contributed by atoms with van der Waals surface area (Å²) in [5, 5.41) is 20.1. The second-order valence-corrected chi connectivity index (χ2v) is 5.86. The minimum absolute atomic E-state index is 0.0966. The molecule has 0 saturated carbocycles. The predicted octanol–water partition coefficient (Wildman–Crippen LogP) is 2.31. The zero-order valence-corrected chi connectivity index (χ0v) is 11.6. The van der Waals surface area contributed by atoms with Crippen LogP contribution in [0.1, 0.15) is 5.56 Å². The first-order valence-corrected chi connectivity index (χ1v) is 6.92. The summed E-state index contributed by atoms with van der Waals surface area (Å²) < 4.78 is 0. The van der Waals surface area contributed by atoms with Crippen molar-refractivity contribution in [3.05, 3.63) is 54.1 Å². The maximum Gasteiger partial charge on any atom is 0.274 e. The molecular weight excluding hydrogens is 274 g/mol. The molecule has 1 aliphatic rings. The molecule has 0 radical (unpaired) electrons. The van der Waals surface area contributed by atoms with Crippen LogP contribution in [0.25, 0.3) is 0 Å². The van der Waals surface area contributed by atoms with Gasteiger partial charge in [-0.25, -0.2) is 0 Å². The molecule has 0 bridgehead atoms. The van der Waals surface area contributed by atoms with Crippen molar-refractivity contribution in [2.45, 2.75) is 9.83 Å². The van der Waals surface area contributed by atoms with Gasteiger partial charge in [-0.15, -0.1) is 0 Å². The van der Waals surface area contributed by atoms with E-state index in [0.29, 0.717) is 5.56 Å². The lowest BCUT2D eigenvalue weighted by Gasteiger charge is -2.37. The van der Waals surface area contributed by atoms with Crippen LogP contribution in [-0.2, 0) is 9.73 Å². The molecule has 3 rings (SSSR count). The first kappa shape index (κ1) is 13.0. The van der Waals surface area contributed by atoms with Crippen molar-refractivity contribution in [2.75, 3.05) is 11.9 Å². The van der Waals surface area contributed by atoms with Crippen molar-refractivity contribution in [1.82, 2.24) is 0 Å². The van der Waals surface area contributed by atoms with Crippen molar-refractivity contribution < 1.29 is 15.0 Å². The summed E-state index contributed by atoms with van der Waals surface area (Å²) in [6, 6.07) is 13.5. The Bertz CT molecular complexity index is 671. The van der Waals surface area contributed by atoms with Crippen molar-refractivity contribution in [2.24, 2.45) is 0 Å². The number of phenols is 1. The SMILES string of the molecule is CN1C(=O)C(O)(c2ccc(O)cc2)Sc2ccccc21. The highest BCUT2D eigenvalue weighted by Gasteiger charge is 2.45. The third kappa shape index (κ3) is 1.87. The highest BCUT2D eigenvalue weighted by Crippen LogP contribution is 2.48. The molecule has 0 fully saturated rings. The fourth-order valence-corrected chi connectivity index (χ4v) is 3.48. The van der Waals surface area contributed by atoms with E-state index in [1.165, 1.54) is 17.0 Å². The number of amides is 1. The number of nitrogens with zero attached hydrogens (tertiary/aromatic N) is 1. The van der Waals surface area contributed by atoms with Gasteiger partial charge in [0.2, 0.25) is 4.93 Å². The van der Waals surface area contributed by atoms with Crippen LogP contribution < -0.4 is 4.90 Å². The Morgan fingerprint density at radius 2 is 1.75 bits per heavy atom. The molecule has 0 aliphatic carbocycles. The van der Waals surface area contributed by atoms with Crippen LogP contribution in [0.4, 0.5) is 5.69 Å². The number of rotatable bonds is 1. The van der Waals surface area contributed by atoms with E-state index in [1.807, 2.05) is 24.3 Å². The number of anilines is 1. The van der Waals surface area contributed by atoms with Crippen LogP contribution in [-0.4, -0.2) is 23.2 Å². The Hall–Kier alpha value is -1.98. The molecule has 102 valence electrons. The van der Waals surface area contributed by atoms with E-state index in [9.17, 15) is 15.0 Å². The number of carbonyl (C=O) groups excluding carboxylic acids is 1. The smallest absolute Gasteiger partial charge is 0.274 e. The van der Waals surface area contributed by atoms with Crippen LogP contribution in [0, 0.1) is 0 Å². The minimum atomic E-state index is -1.67. The topological polar surface area (TPSA) is 60.8 Å². The van der Waals surface area contributed by atoms with Crippen molar-refractivity contribution >= 4 is 23.4 Å². The number of benzene rings is 2. The fourth-order valence-electron chi connectivity index (χ4n) is 2.23. The average Bonchev–Trinajstić information content (AvgIpc) is 2.46. The number of para-hydroxylation sites is 1. The standard InChI is InChI=1S/C15H13NO3S/c1-16-12-4-2-3-5-13(12)20-15(19,14(16)18)10-6-8-11(17)9-7-10/h2-9,17,19H,1H3. The number of hydrogen-bond donors (Lipinski definition) is 2. The van der Waals surface area contributed by atoms with E-state index < -0.39 is 10.8 Å². The molecule has 5 heteroatoms. The second kappa shape index (κ2) is 4.54. The number of aliphatic hydroxyl groups is 1. The third-order valence-electron chi connectivity index (χ3n) is 3.34. The number of phenolic OH excluding ortho intramolecular Hbond substituents is 1. The Labute approximate surface area is 120 Å². The Balaban J connectivity index is 2.11. The van der Waals surface area contributed by atoms with E-state index >= 15 is 0 Å². The number of thioether (sulfide) groups is 1. The molecule has 0 saturated heterocycles. The molecule has 1 unspecified atom stereocenters. The van der Waals surface area contributed by atoms with Gasteiger partial charge in [0.05, 0.1) is 5.69 Å². The lowest BCUT2D eigenvalue weighted by atomic mass is 10.1. The second-order valence-electron chi connectivity index (χ2n) is 4.62. The van der Waals surface area contributed by atoms with Gasteiger partial charge in [0.1, 0.15) is 5.75 Å². The van der Waals surface area contributed by atoms with Gasteiger partial charge in [-0.05, 0) is 24.3 Å². The van der Waals surface area contributed by atoms with Crippen molar-refractivity contribution in [3.8, 4) is 5.75 Å². The summed E-state index contributed by atoms with van der Waals surface area (Å²) in [5.74, 6) is -0.300. The van der Waals surface area contributed by atoms with Gasteiger partial charge in [-0.2, -0.15) is 0 Å². The molecule has 2 aromatic rings. The predicted molar refractivity (Wildman–Crippen MR) is 77.7 cm³/mol. The number of likely N-dealkylation sites (N-methyl/N-ethyl adjacent to an activating group) is 1. The van der Waals surface area contributed by atoms with Crippen molar-refractivity contribution in [3.63, 3.8) is 0 Å². The van der Waals surface area contributed by atoms with Crippen LogP contribution in [0.5, 0.6) is 5.75 Å². The van der Waals surface area contributed by atoms with Gasteiger partial charge in [0, 0.05) is 17.5 Å². The molecule has 1 amide bonds. The van der Waals surface area contributed by atoms with E-state index in [0.717, 1.165) is 22.3 Å². The number of fused-ring (bicyclic) bond motifs is 1. The fraction of sp³-hybridized carbons (Fsp3) is 0.133. The van der Waals surface area contributed by atoms with Crippen LogP contribution in [0.15, 0.2) is 53.4 Å². The third-order valence-corrected chi connectivity index (χ3v) is 4.61. The number of hydrogen-bond acceptors (Lipinski definition) is 4. The van der Waals surface area contributed by atoms with Crippen LogP contribution in [0.3, 0.4) is 0 Å². The lowest BCUT2D eigenvalue weighted by Crippen LogP contribution is -2.46. The molecule has 2 aromatic carbocycles. The molecule has 1 heterocycles. The summed E-state index contributed by atoms with van der Waals surface area (Å²) in [5.41, 5.74) is 1.23. The van der Waals surface area contributed by atoms with Crippen LogP contribution >= 0.6 is 11.8 Å². The first-order valence-electron chi connectivity index (χ1n) is 6.10. The largest absolute Gasteiger partial charge is 0.508 e. The molecule has 0 aromatic heterocycles. The monoisotopic (exact) mass is 287 g/mol. The van der Waals surface area contributed by atoms with Gasteiger partial charge >= 0.3 is 0 Å². The highest BCUT2D eigenvalue weighted by atomic mass is 32.2. The molecule has 0 spiro atoms. The molecule has 1 atom stereocenters. The molecule has 4 nitrogen and oxygen atoms in total. The normalized spacial score (nSPS) is 21.7. The van der Waals surface area contributed by atoms with E-state index in [-0.39, 0.29) is 5.75 Å². The summed E-state index contributed by atoms with van der Waals surface area (Å²) in [6.45, 7) is 0. The molecule has 1 aliphatic heterocycles. The van der Waals surface area contributed by atoms with E-state index in [2.05, 4.69) is 0 Å². The number of aromatic hydroxyl groups is 1. The van der Waals surface area contributed by atoms with E-state index in [4.69, 9.17) is 0 Å². The summed E-state index contributed by atoms with van der Waals surface area (Å²) in [6.07, 6.45) is 0. The zero-order valence-electron chi connectivity index (χ0n) is 10.8. The van der Waals surface area contributed by atoms with Gasteiger partial charge < -0.3 is 15.1 Å². The Morgan fingerprint density at radius 1 is 1.10 bits per heavy atom. The van der Waals surface area contributed by atoms with Crippen molar-refractivity contribution in [1.29, 1.82) is 0 Å². The molecular formula is C15H13NO3S. The summed E-state index contributed by atoms with van der Waals surface area (Å²) in [4.78, 5) is 13.1. The minimum Gasteiger partial charge on any atom is -0.508 e. The Morgan fingerprint density at radius 3 is 2.45 bits per heavy atom.